The zero-order valence-electron chi connectivity index (χ0n) is 20.2. The molecule has 1 aromatic heterocycles. The van der Waals surface area contributed by atoms with E-state index in [0.717, 1.165) is 48.4 Å². The maximum atomic E-state index is 14.1. The fourth-order valence-electron chi connectivity index (χ4n) is 5.26. The lowest BCUT2D eigenvalue weighted by atomic mass is 10.0. The second kappa shape index (κ2) is 9.52. The molecule has 1 heterocycles. The molecule has 1 fully saturated rings. The number of aromatic nitrogens is 2. The second-order valence-corrected chi connectivity index (χ2v) is 9.33. The number of nitrogens with zero attached hydrogens (tertiary/aromatic N) is 2. The van der Waals surface area contributed by atoms with Crippen LogP contribution in [0.1, 0.15) is 48.8 Å². The maximum Gasteiger partial charge on any atom is 0.418 e. The van der Waals surface area contributed by atoms with Crippen LogP contribution < -0.4 is 20.3 Å². The molecule has 1 saturated carbocycles. The number of benzene rings is 2. The van der Waals surface area contributed by atoms with E-state index in [1.165, 1.54) is 26.4 Å². The average molecular weight is 500 g/mol. The van der Waals surface area contributed by atoms with E-state index in [1.807, 2.05) is 0 Å². The first-order valence-electron chi connectivity index (χ1n) is 12.1. The van der Waals surface area contributed by atoms with Gasteiger partial charge in [0.15, 0.2) is 0 Å². The topological polar surface area (TPSA) is 65.4 Å². The van der Waals surface area contributed by atoms with Gasteiger partial charge in [-0.05, 0) is 68.0 Å². The summed E-state index contributed by atoms with van der Waals surface area (Å²) >= 11 is 0. The largest absolute Gasteiger partial charge is 0.497 e. The van der Waals surface area contributed by atoms with E-state index in [0.29, 0.717) is 46.8 Å². The van der Waals surface area contributed by atoms with Crippen LogP contribution in [0, 0.1) is 0 Å². The molecule has 2 aromatic carbocycles. The Labute approximate surface area is 207 Å². The number of alkyl halides is 3. The van der Waals surface area contributed by atoms with Crippen molar-refractivity contribution in [3.05, 3.63) is 63.4 Å². The molecule has 0 unspecified atom stereocenters. The lowest BCUT2D eigenvalue weighted by Crippen LogP contribution is -2.28. The highest BCUT2D eigenvalue weighted by atomic mass is 19.4. The molecule has 0 bridgehead atoms. The van der Waals surface area contributed by atoms with Crippen LogP contribution in [0.5, 0.6) is 11.5 Å². The Morgan fingerprint density at radius 1 is 0.944 bits per heavy atom. The molecule has 0 saturated heterocycles. The zero-order chi connectivity index (χ0) is 25.4. The highest BCUT2D eigenvalue weighted by Gasteiger charge is 2.36. The molecule has 3 aromatic rings. The lowest BCUT2D eigenvalue weighted by molar-refractivity contribution is -0.137. The summed E-state index contributed by atoms with van der Waals surface area (Å²) in [5, 5.41) is 7.88. The van der Waals surface area contributed by atoms with Gasteiger partial charge in [0.05, 0.1) is 31.2 Å². The molecule has 6 nitrogen and oxygen atoms in total. The van der Waals surface area contributed by atoms with Crippen LogP contribution in [-0.4, -0.2) is 30.0 Å². The fourth-order valence-corrected chi connectivity index (χ4v) is 5.26. The Bertz CT molecular complexity index is 1320. The van der Waals surface area contributed by atoms with Gasteiger partial charge < -0.3 is 14.8 Å². The van der Waals surface area contributed by atoms with Gasteiger partial charge in [0.1, 0.15) is 11.5 Å². The monoisotopic (exact) mass is 499 g/mol. The fraction of sp³-hybridized carbons (Fsp3) is 0.407. The third kappa shape index (κ3) is 4.54. The highest BCUT2D eigenvalue weighted by Crippen LogP contribution is 2.38. The first-order valence-corrected chi connectivity index (χ1v) is 12.1. The van der Waals surface area contributed by atoms with Gasteiger partial charge in [-0.15, -0.1) is 0 Å². The second-order valence-electron chi connectivity index (χ2n) is 9.33. The number of rotatable bonds is 6. The molecule has 9 heteroatoms. The van der Waals surface area contributed by atoms with Crippen molar-refractivity contribution >= 4 is 5.69 Å². The Kier molecular flexibility index (Phi) is 6.40. The smallest absolute Gasteiger partial charge is 0.418 e. The Hall–Kier alpha value is -3.49. The van der Waals surface area contributed by atoms with Crippen LogP contribution in [-0.2, 0) is 19.0 Å². The summed E-state index contributed by atoms with van der Waals surface area (Å²) in [4.78, 5) is 13.5. The van der Waals surface area contributed by atoms with Crippen LogP contribution in [0.3, 0.4) is 0 Å². The normalized spacial score (nSPS) is 15.7. The van der Waals surface area contributed by atoms with E-state index in [4.69, 9.17) is 9.47 Å². The summed E-state index contributed by atoms with van der Waals surface area (Å²) in [6.45, 7) is 0. The first kappa shape index (κ1) is 24.2. The van der Waals surface area contributed by atoms with E-state index in [9.17, 15) is 18.0 Å². The number of hydrogen-bond acceptors (Lipinski definition) is 5. The third-order valence-corrected chi connectivity index (χ3v) is 7.04. The summed E-state index contributed by atoms with van der Waals surface area (Å²) in [6, 6.07) is 9.27. The van der Waals surface area contributed by atoms with Gasteiger partial charge >= 0.3 is 6.18 Å². The molecule has 1 N–H and O–H groups in total. The van der Waals surface area contributed by atoms with Crippen molar-refractivity contribution in [3.63, 3.8) is 0 Å². The summed E-state index contributed by atoms with van der Waals surface area (Å²) in [7, 11) is 3.05. The molecule has 0 amide bonds. The van der Waals surface area contributed by atoms with Crippen LogP contribution in [0.15, 0.2) is 41.2 Å². The van der Waals surface area contributed by atoms with Gasteiger partial charge in [0.25, 0.3) is 5.56 Å². The molecule has 0 aliphatic heterocycles. The van der Waals surface area contributed by atoms with Crippen LogP contribution in [0.25, 0.3) is 16.9 Å². The molecule has 190 valence electrons. The van der Waals surface area contributed by atoms with Crippen LogP contribution in [0.4, 0.5) is 18.9 Å². The van der Waals surface area contributed by atoms with Crippen LogP contribution in [0.2, 0.25) is 0 Å². The summed E-state index contributed by atoms with van der Waals surface area (Å²) in [5.41, 5.74) is 1.20. The minimum absolute atomic E-state index is 0.207. The molecule has 0 spiro atoms. The molecule has 2 aliphatic carbocycles. The van der Waals surface area contributed by atoms with Crippen molar-refractivity contribution in [3.8, 4) is 28.4 Å². The van der Waals surface area contributed by atoms with Gasteiger partial charge in [-0.1, -0.05) is 12.8 Å². The molecule has 2 aliphatic rings. The quantitative estimate of drug-likeness (QED) is 0.466. The molecule has 0 radical (unpaired) electrons. The van der Waals surface area contributed by atoms with E-state index in [1.54, 1.807) is 18.2 Å². The molecule has 5 rings (SSSR count). The van der Waals surface area contributed by atoms with Crippen molar-refractivity contribution < 1.29 is 22.6 Å². The first-order chi connectivity index (χ1) is 17.3. The number of ether oxygens (including phenoxy) is 2. The Morgan fingerprint density at radius 2 is 1.61 bits per heavy atom. The predicted molar refractivity (Wildman–Crippen MR) is 131 cm³/mol. The van der Waals surface area contributed by atoms with Gasteiger partial charge in [-0.2, -0.15) is 23.0 Å². The van der Waals surface area contributed by atoms with Crippen molar-refractivity contribution in [2.45, 2.75) is 57.2 Å². The van der Waals surface area contributed by atoms with E-state index < -0.39 is 17.3 Å². The number of nitrogens with one attached hydrogen (secondary N) is 1. The number of hydrogen-bond donors (Lipinski definition) is 1. The third-order valence-electron chi connectivity index (χ3n) is 7.04. The number of methoxy groups -OCH3 is 2. The average Bonchev–Trinajstić information content (AvgIpc) is 3.56. The van der Waals surface area contributed by atoms with Crippen LogP contribution >= 0.6 is 0 Å². The van der Waals surface area contributed by atoms with Crippen molar-refractivity contribution in [2.24, 2.45) is 0 Å². The van der Waals surface area contributed by atoms with E-state index in [-0.39, 0.29) is 11.7 Å². The zero-order valence-corrected chi connectivity index (χ0v) is 20.2. The number of fused-ring (bicyclic) bond motifs is 1. The summed E-state index contributed by atoms with van der Waals surface area (Å²) in [5.74, 6) is 1.05. The molecule has 0 atom stereocenters. The van der Waals surface area contributed by atoms with Gasteiger partial charge in [-0.25, -0.2) is 0 Å². The minimum Gasteiger partial charge on any atom is -0.497 e. The van der Waals surface area contributed by atoms with E-state index in [2.05, 4.69) is 10.4 Å². The molecular weight excluding hydrogens is 471 g/mol. The SMILES string of the molecule is COc1cc(OC)cc(-c2nn(-c3cc(NC4CCCC4)ccc3C(F)(F)F)c(=O)c3c2CCC3)c1. The highest BCUT2D eigenvalue weighted by molar-refractivity contribution is 5.69. The number of halogens is 3. The lowest BCUT2D eigenvalue weighted by Gasteiger charge is -2.20. The van der Waals surface area contributed by atoms with Gasteiger partial charge in [0, 0.05) is 28.9 Å². The predicted octanol–water partition coefficient (Wildman–Crippen LogP) is 5.78. The van der Waals surface area contributed by atoms with Gasteiger partial charge in [-0.3, -0.25) is 4.79 Å². The van der Waals surface area contributed by atoms with Crippen molar-refractivity contribution in [1.82, 2.24) is 9.78 Å². The minimum atomic E-state index is -4.65. The standard InChI is InChI=1S/C27H28F3N3O3/c1-35-19-12-16(13-20(15-19)36-2)25-21-8-5-9-22(21)26(34)33(32-25)24-14-18(31-17-6-3-4-7-17)10-11-23(24)27(28,29)30/h10-15,17,31H,3-9H2,1-2H3. The Balaban J connectivity index is 1.72. The summed E-state index contributed by atoms with van der Waals surface area (Å²) < 4.78 is 54.0. The van der Waals surface area contributed by atoms with Gasteiger partial charge in [0.2, 0.25) is 0 Å². The molecule has 36 heavy (non-hydrogen) atoms. The van der Waals surface area contributed by atoms with Crippen molar-refractivity contribution in [2.75, 3.05) is 19.5 Å². The maximum absolute atomic E-state index is 14.1. The number of anilines is 1. The van der Waals surface area contributed by atoms with Crippen molar-refractivity contribution in [1.29, 1.82) is 0 Å². The van der Waals surface area contributed by atoms with E-state index >= 15 is 0 Å². The Morgan fingerprint density at radius 3 is 2.25 bits per heavy atom. The summed E-state index contributed by atoms with van der Waals surface area (Å²) in [6.07, 6.45) is 1.31. The molecular formula is C27H28F3N3O3.